The van der Waals surface area contributed by atoms with Crippen LogP contribution in [0, 0.1) is 23.7 Å². The molecule has 18 heavy (non-hydrogen) atoms. The molecule has 2 fully saturated rings. The van der Waals surface area contributed by atoms with E-state index in [0.717, 1.165) is 18.8 Å². The molecule has 0 aromatic heterocycles. The third kappa shape index (κ3) is 2.76. The molecule has 0 amide bonds. The van der Waals surface area contributed by atoms with Crippen molar-refractivity contribution in [3.63, 3.8) is 0 Å². The summed E-state index contributed by atoms with van der Waals surface area (Å²) in [5.41, 5.74) is 0. The molecule has 2 aliphatic rings. The fraction of sp³-hybridized carbons (Fsp3) is 0.867. The van der Waals surface area contributed by atoms with Crippen molar-refractivity contribution in [1.82, 2.24) is 0 Å². The van der Waals surface area contributed by atoms with Crippen LogP contribution in [0.2, 0.25) is 0 Å². The lowest BCUT2D eigenvalue weighted by molar-refractivity contribution is -0.153. The summed E-state index contributed by atoms with van der Waals surface area (Å²) >= 11 is 0. The van der Waals surface area contributed by atoms with Crippen LogP contribution in [0.15, 0.2) is 0 Å². The van der Waals surface area contributed by atoms with Gasteiger partial charge in [-0.3, -0.25) is 9.59 Å². The summed E-state index contributed by atoms with van der Waals surface area (Å²) in [6.45, 7) is 4.03. The standard InChI is InChI=1S/C15H24O3/c1-3-11(12-7-5-4-6-8-12)9-13-10(2)14(16)18-15(13)17/h10-13H,3-9H2,1-2H3. The van der Waals surface area contributed by atoms with Crippen LogP contribution >= 0.6 is 0 Å². The van der Waals surface area contributed by atoms with Gasteiger partial charge in [0.2, 0.25) is 0 Å². The van der Waals surface area contributed by atoms with E-state index < -0.39 is 0 Å². The molecule has 3 atom stereocenters. The molecular formula is C15H24O3. The summed E-state index contributed by atoms with van der Waals surface area (Å²) < 4.78 is 4.74. The van der Waals surface area contributed by atoms with Crippen LogP contribution < -0.4 is 0 Å². The molecule has 0 bridgehead atoms. The summed E-state index contributed by atoms with van der Waals surface area (Å²) in [5.74, 6) is 0.278. The van der Waals surface area contributed by atoms with Crippen molar-refractivity contribution in [2.45, 2.75) is 58.8 Å². The zero-order valence-corrected chi connectivity index (χ0v) is 11.5. The highest BCUT2D eigenvalue weighted by atomic mass is 16.6. The molecule has 0 N–H and O–H groups in total. The van der Waals surface area contributed by atoms with Gasteiger partial charge in [-0.2, -0.15) is 0 Å². The Morgan fingerprint density at radius 2 is 1.83 bits per heavy atom. The van der Waals surface area contributed by atoms with E-state index in [0.29, 0.717) is 5.92 Å². The number of carbonyl (C=O) groups is 2. The van der Waals surface area contributed by atoms with E-state index in [1.165, 1.54) is 32.1 Å². The molecule has 3 unspecified atom stereocenters. The smallest absolute Gasteiger partial charge is 0.317 e. The van der Waals surface area contributed by atoms with E-state index in [2.05, 4.69) is 6.92 Å². The third-order valence-corrected chi connectivity index (χ3v) is 4.88. The fourth-order valence-corrected chi connectivity index (χ4v) is 3.56. The van der Waals surface area contributed by atoms with Crippen molar-refractivity contribution in [2.75, 3.05) is 0 Å². The van der Waals surface area contributed by atoms with Gasteiger partial charge in [-0.05, 0) is 18.3 Å². The van der Waals surface area contributed by atoms with Crippen molar-refractivity contribution in [3.8, 4) is 0 Å². The molecule has 3 nitrogen and oxygen atoms in total. The highest BCUT2D eigenvalue weighted by Gasteiger charge is 2.42. The zero-order valence-electron chi connectivity index (χ0n) is 11.5. The average molecular weight is 252 g/mol. The minimum absolute atomic E-state index is 0.190. The van der Waals surface area contributed by atoms with Gasteiger partial charge in [0.15, 0.2) is 0 Å². The number of rotatable bonds is 4. The van der Waals surface area contributed by atoms with E-state index in [1.54, 1.807) is 0 Å². The number of hydrogen-bond acceptors (Lipinski definition) is 3. The lowest BCUT2D eigenvalue weighted by atomic mass is 9.73. The molecule has 1 saturated carbocycles. The highest BCUT2D eigenvalue weighted by Crippen LogP contribution is 2.38. The summed E-state index contributed by atoms with van der Waals surface area (Å²) in [6, 6.07) is 0. The number of cyclic esters (lactones) is 2. The van der Waals surface area contributed by atoms with Crippen LogP contribution in [0.1, 0.15) is 58.8 Å². The van der Waals surface area contributed by atoms with E-state index in [-0.39, 0.29) is 23.8 Å². The number of esters is 2. The second-order valence-electron chi connectivity index (χ2n) is 5.94. The lowest BCUT2D eigenvalue weighted by Gasteiger charge is -2.31. The number of hydrogen-bond donors (Lipinski definition) is 0. The second kappa shape index (κ2) is 5.85. The Morgan fingerprint density at radius 1 is 1.17 bits per heavy atom. The first-order valence-electron chi connectivity index (χ1n) is 7.39. The van der Waals surface area contributed by atoms with E-state index >= 15 is 0 Å². The maximum atomic E-state index is 11.7. The summed E-state index contributed by atoms with van der Waals surface area (Å²) in [4.78, 5) is 23.1. The molecule has 0 aromatic carbocycles. The molecule has 0 radical (unpaired) electrons. The van der Waals surface area contributed by atoms with Crippen LogP contribution in [0.4, 0.5) is 0 Å². The van der Waals surface area contributed by atoms with Crippen LogP contribution in [-0.2, 0) is 14.3 Å². The first kappa shape index (κ1) is 13.6. The van der Waals surface area contributed by atoms with E-state index in [1.807, 2.05) is 6.92 Å². The van der Waals surface area contributed by atoms with Gasteiger partial charge in [-0.15, -0.1) is 0 Å². The zero-order chi connectivity index (χ0) is 13.1. The van der Waals surface area contributed by atoms with E-state index in [9.17, 15) is 9.59 Å². The molecule has 102 valence electrons. The summed E-state index contributed by atoms with van der Waals surface area (Å²) in [7, 11) is 0. The average Bonchev–Trinajstić information content (AvgIpc) is 2.62. The lowest BCUT2D eigenvalue weighted by Crippen LogP contribution is -2.24. The van der Waals surface area contributed by atoms with Gasteiger partial charge in [0.05, 0.1) is 11.8 Å². The Kier molecular flexibility index (Phi) is 4.41. The molecule has 3 heteroatoms. The van der Waals surface area contributed by atoms with Crippen molar-refractivity contribution >= 4 is 11.9 Å². The van der Waals surface area contributed by atoms with Gasteiger partial charge in [0.1, 0.15) is 0 Å². The van der Waals surface area contributed by atoms with Gasteiger partial charge in [-0.25, -0.2) is 0 Å². The molecule has 0 spiro atoms. The second-order valence-corrected chi connectivity index (χ2v) is 5.94. The van der Waals surface area contributed by atoms with Crippen LogP contribution in [0.25, 0.3) is 0 Å². The van der Waals surface area contributed by atoms with Gasteiger partial charge in [-0.1, -0.05) is 52.4 Å². The third-order valence-electron chi connectivity index (χ3n) is 4.88. The van der Waals surface area contributed by atoms with Crippen LogP contribution in [-0.4, -0.2) is 11.9 Å². The van der Waals surface area contributed by atoms with Crippen molar-refractivity contribution in [3.05, 3.63) is 0 Å². The SMILES string of the molecule is CCC(CC1C(=O)OC(=O)C1C)C1CCCCC1. The monoisotopic (exact) mass is 252 g/mol. The number of carbonyl (C=O) groups excluding carboxylic acids is 2. The Balaban J connectivity index is 1.97. The molecule has 2 rings (SSSR count). The topological polar surface area (TPSA) is 43.4 Å². The van der Waals surface area contributed by atoms with Crippen molar-refractivity contribution in [1.29, 1.82) is 0 Å². The molecule has 1 aliphatic heterocycles. The maximum absolute atomic E-state index is 11.7. The van der Waals surface area contributed by atoms with Crippen LogP contribution in [0.5, 0.6) is 0 Å². The maximum Gasteiger partial charge on any atom is 0.317 e. The quantitative estimate of drug-likeness (QED) is 0.569. The normalized spacial score (nSPS) is 31.4. The van der Waals surface area contributed by atoms with Gasteiger partial charge in [0.25, 0.3) is 0 Å². The molecule has 1 aliphatic carbocycles. The predicted octanol–water partition coefficient (Wildman–Crippen LogP) is 3.32. The van der Waals surface area contributed by atoms with E-state index in [4.69, 9.17) is 4.74 Å². The molecule has 0 aromatic rings. The predicted molar refractivity (Wildman–Crippen MR) is 68.7 cm³/mol. The Morgan fingerprint density at radius 3 is 2.33 bits per heavy atom. The number of ether oxygens (including phenoxy) is 1. The van der Waals surface area contributed by atoms with Gasteiger partial charge in [0, 0.05) is 0 Å². The first-order valence-corrected chi connectivity index (χ1v) is 7.39. The highest BCUT2D eigenvalue weighted by molar-refractivity contribution is 5.96. The Hall–Kier alpha value is -0.860. The minimum atomic E-state index is -0.330. The minimum Gasteiger partial charge on any atom is -0.393 e. The van der Waals surface area contributed by atoms with Crippen LogP contribution in [0.3, 0.4) is 0 Å². The fourth-order valence-electron chi connectivity index (χ4n) is 3.56. The van der Waals surface area contributed by atoms with Crippen molar-refractivity contribution < 1.29 is 14.3 Å². The largest absolute Gasteiger partial charge is 0.393 e. The molecular weight excluding hydrogens is 228 g/mol. The van der Waals surface area contributed by atoms with Gasteiger partial charge >= 0.3 is 11.9 Å². The molecule has 1 heterocycles. The first-order chi connectivity index (χ1) is 8.63. The summed E-state index contributed by atoms with van der Waals surface area (Å²) in [5, 5.41) is 0. The Labute approximate surface area is 109 Å². The van der Waals surface area contributed by atoms with Crippen molar-refractivity contribution in [2.24, 2.45) is 23.7 Å². The Bertz CT molecular complexity index is 318. The van der Waals surface area contributed by atoms with Gasteiger partial charge < -0.3 is 4.74 Å². The molecule has 1 saturated heterocycles. The summed E-state index contributed by atoms with van der Waals surface area (Å²) in [6.07, 6.45) is 8.54.